The Morgan fingerprint density at radius 2 is 2.00 bits per heavy atom. The molecule has 0 aromatic carbocycles. The highest BCUT2D eigenvalue weighted by atomic mass is 16.5. The molecule has 1 heterocycles. The minimum atomic E-state index is -0.729. The fourth-order valence-electron chi connectivity index (χ4n) is 2.18. The van der Waals surface area contributed by atoms with E-state index in [0.29, 0.717) is 5.88 Å². The quantitative estimate of drug-likeness (QED) is 0.808. The number of methoxy groups -OCH3 is 1. The van der Waals surface area contributed by atoms with Crippen molar-refractivity contribution in [3.8, 4) is 5.88 Å². The predicted octanol–water partition coefficient (Wildman–Crippen LogP) is 2.24. The monoisotopic (exact) mass is 207 g/mol. The molecule has 3 nitrogen and oxygen atoms in total. The van der Waals surface area contributed by atoms with Crippen LogP contribution in [0.4, 0.5) is 0 Å². The lowest BCUT2D eigenvalue weighted by atomic mass is 9.82. The van der Waals surface area contributed by atoms with E-state index in [-0.39, 0.29) is 0 Å². The van der Waals surface area contributed by atoms with Crippen molar-refractivity contribution in [2.45, 2.75) is 37.7 Å². The number of hydrogen-bond donors (Lipinski definition) is 1. The van der Waals surface area contributed by atoms with Crippen molar-refractivity contribution in [1.29, 1.82) is 0 Å². The summed E-state index contributed by atoms with van der Waals surface area (Å²) >= 11 is 0. The smallest absolute Gasteiger partial charge is 0.213 e. The van der Waals surface area contributed by atoms with E-state index in [9.17, 15) is 5.11 Å². The van der Waals surface area contributed by atoms with Crippen LogP contribution in [0.25, 0.3) is 0 Å². The molecule has 0 unspecified atom stereocenters. The highest BCUT2D eigenvalue weighted by Gasteiger charge is 2.32. The molecule has 1 N–H and O–H groups in total. The van der Waals surface area contributed by atoms with Crippen LogP contribution in [0.5, 0.6) is 5.88 Å². The Hall–Kier alpha value is -1.09. The van der Waals surface area contributed by atoms with Gasteiger partial charge in [0.15, 0.2) is 0 Å². The summed E-state index contributed by atoms with van der Waals surface area (Å²) < 4.78 is 5.07. The first-order valence-electron chi connectivity index (χ1n) is 5.48. The number of nitrogens with zero attached hydrogens (tertiary/aromatic N) is 1. The Morgan fingerprint density at radius 1 is 1.27 bits per heavy atom. The summed E-state index contributed by atoms with van der Waals surface area (Å²) in [6.07, 6.45) is 5.00. The molecule has 82 valence electrons. The normalized spacial score (nSPS) is 19.9. The Balaban J connectivity index is 2.26. The topological polar surface area (TPSA) is 42.4 Å². The number of aromatic nitrogens is 1. The van der Waals surface area contributed by atoms with E-state index in [4.69, 9.17) is 4.74 Å². The fourth-order valence-corrected chi connectivity index (χ4v) is 2.18. The van der Waals surface area contributed by atoms with E-state index < -0.39 is 5.60 Å². The first kappa shape index (κ1) is 10.4. The highest BCUT2D eigenvalue weighted by molar-refractivity contribution is 5.20. The van der Waals surface area contributed by atoms with Crippen molar-refractivity contribution in [3.63, 3.8) is 0 Å². The van der Waals surface area contributed by atoms with Crippen molar-refractivity contribution < 1.29 is 9.84 Å². The maximum absolute atomic E-state index is 10.4. The minimum absolute atomic E-state index is 0.575. The molecular weight excluding hydrogens is 190 g/mol. The molecule has 0 saturated heterocycles. The summed E-state index contributed by atoms with van der Waals surface area (Å²) in [6.45, 7) is 0. The minimum Gasteiger partial charge on any atom is -0.481 e. The van der Waals surface area contributed by atoms with E-state index in [1.165, 1.54) is 6.42 Å². The molecule has 0 amide bonds. The van der Waals surface area contributed by atoms with Gasteiger partial charge in [0.1, 0.15) is 5.60 Å². The van der Waals surface area contributed by atoms with Crippen LogP contribution in [0, 0.1) is 0 Å². The Labute approximate surface area is 90.1 Å². The molecule has 2 rings (SSSR count). The number of aliphatic hydroxyl groups is 1. The third-order valence-corrected chi connectivity index (χ3v) is 3.09. The lowest BCUT2D eigenvalue weighted by molar-refractivity contribution is -0.00503. The first-order valence-corrected chi connectivity index (χ1v) is 5.48. The molecule has 0 bridgehead atoms. The second-order valence-electron chi connectivity index (χ2n) is 4.16. The second-order valence-corrected chi connectivity index (χ2v) is 4.16. The van der Waals surface area contributed by atoms with Gasteiger partial charge in [-0.25, -0.2) is 4.98 Å². The van der Waals surface area contributed by atoms with Crippen LogP contribution in [-0.4, -0.2) is 17.2 Å². The molecule has 1 fully saturated rings. The lowest BCUT2D eigenvalue weighted by Crippen LogP contribution is -2.29. The zero-order valence-corrected chi connectivity index (χ0v) is 9.07. The maximum Gasteiger partial charge on any atom is 0.213 e. The van der Waals surface area contributed by atoms with Crippen molar-refractivity contribution in [3.05, 3.63) is 23.9 Å². The summed E-state index contributed by atoms with van der Waals surface area (Å²) in [5, 5.41) is 10.4. The van der Waals surface area contributed by atoms with Crippen LogP contribution in [0.3, 0.4) is 0 Å². The molecule has 1 aromatic rings. The molecule has 1 aromatic heterocycles. The van der Waals surface area contributed by atoms with Gasteiger partial charge in [0.25, 0.3) is 0 Å². The summed E-state index contributed by atoms with van der Waals surface area (Å²) in [6, 6.07) is 5.57. The molecule has 1 aliphatic rings. The molecule has 15 heavy (non-hydrogen) atoms. The largest absolute Gasteiger partial charge is 0.481 e. The molecule has 0 spiro atoms. The highest BCUT2D eigenvalue weighted by Crippen LogP contribution is 2.36. The van der Waals surface area contributed by atoms with Crippen LogP contribution >= 0.6 is 0 Å². The molecule has 0 atom stereocenters. The van der Waals surface area contributed by atoms with E-state index in [1.54, 1.807) is 13.2 Å². The van der Waals surface area contributed by atoms with Gasteiger partial charge in [0.05, 0.1) is 12.8 Å². The molecule has 0 aliphatic heterocycles. The van der Waals surface area contributed by atoms with Gasteiger partial charge in [0, 0.05) is 6.07 Å². The van der Waals surface area contributed by atoms with Crippen LogP contribution in [0.1, 0.15) is 37.8 Å². The summed E-state index contributed by atoms with van der Waals surface area (Å²) in [4.78, 5) is 4.31. The average Bonchev–Trinajstić information content (AvgIpc) is 2.30. The molecule has 3 heteroatoms. The van der Waals surface area contributed by atoms with Gasteiger partial charge < -0.3 is 9.84 Å². The number of hydrogen-bond acceptors (Lipinski definition) is 3. The molecule has 0 radical (unpaired) electrons. The summed E-state index contributed by atoms with van der Waals surface area (Å²) in [5.74, 6) is 0.575. The van der Waals surface area contributed by atoms with Crippen molar-refractivity contribution in [1.82, 2.24) is 4.98 Å². The van der Waals surface area contributed by atoms with E-state index in [0.717, 1.165) is 31.4 Å². The Morgan fingerprint density at radius 3 is 2.67 bits per heavy atom. The van der Waals surface area contributed by atoms with Gasteiger partial charge in [-0.05, 0) is 18.9 Å². The first-order chi connectivity index (χ1) is 7.24. The summed E-state index contributed by atoms with van der Waals surface area (Å²) in [5.41, 5.74) is 0.0221. The third-order valence-electron chi connectivity index (χ3n) is 3.09. The fraction of sp³-hybridized carbons (Fsp3) is 0.583. The van der Waals surface area contributed by atoms with Gasteiger partial charge in [-0.3, -0.25) is 0 Å². The van der Waals surface area contributed by atoms with E-state index >= 15 is 0 Å². The number of rotatable bonds is 2. The lowest BCUT2D eigenvalue weighted by Gasteiger charge is -2.31. The number of ether oxygens (including phenoxy) is 1. The number of pyridine rings is 1. The zero-order chi connectivity index (χ0) is 10.7. The van der Waals surface area contributed by atoms with Gasteiger partial charge in [-0.1, -0.05) is 25.3 Å². The van der Waals surface area contributed by atoms with E-state index in [2.05, 4.69) is 4.98 Å². The average molecular weight is 207 g/mol. The Kier molecular flexibility index (Phi) is 2.91. The van der Waals surface area contributed by atoms with Crippen LogP contribution in [0.2, 0.25) is 0 Å². The standard InChI is InChI=1S/C12H17NO2/c1-15-11-7-5-6-10(13-11)12(14)8-3-2-4-9-12/h5-7,14H,2-4,8-9H2,1H3. The molecule has 1 aliphatic carbocycles. The zero-order valence-electron chi connectivity index (χ0n) is 9.07. The third kappa shape index (κ3) is 2.12. The van der Waals surface area contributed by atoms with Crippen LogP contribution < -0.4 is 4.74 Å². The van der Waals surface area contributed by atoms with Crippen molar-refractivity contribution in [2.75, 3.05) is 7.11 Å². The van der Waals surface area contributed by atoms with E-state index in [1.807, 2.05) is 12.1 Å². The molecule has 1 saturated carbocycles. The van der Waals surface area contributed by atoms with Crippen molar-refractivity contribution >= 4 is 0 Å². The molecular formula is C12H17NO2. The second kappa shape index (κ2) is 4.19. The SMILES string of the molecule is COc1cccc(C2(O)CCCCC2)n1. The maximum atomic E-state index is 10.4. The van der Waals surface area contributed by atoms with Crippen LogP contribution in [-0.2, 0) is 5.60 Å². The van der Waals surface area contributed by atoms with Gasteiger partial charge >= 0.3 is 0 Å². The summed E-state index contributed by atoms with van der Waals surface area (Å²) in [7, 11) is 1.59. The van der Waals surface area contributed by atoms with Crippen LogP contribution in [0.15, 0.2) is 18.2 Å². The van der Waals surface area contributed by atoms with Gasteiger partial charge in [-0.15, -0.1) is 0 Å². The Bertz CT molecular complexity index is 332. The van der Waals surface area contributed by atoms with Crippen molar-refractivity contribution in [2.24, 2.45) is 0 Å². The van der Waals surface area contributed by atoms with Gasteiger partial charge in [0.2, 0.25) is 5.88 Å². The predicted molar refractivity (Wildman–Crippen MR) is 57.8 cm³/mol. The van der Waals surface area contributed by atoms with Gasteiger partial charge in [-0.2, -0.15) is 0 Å².